The van der Waals surface area contributed by atoms with Crippen LogP contribution < -0.4 is 15.0 Å². The molecule has 6 heteroatoms. The van der Waals surface area contributed by atoms with Crippen LogP contribution >= 0.6 is 11.8 Å². The van der Waals surface area contributed by atoms with Crippen molar-refractivity contribution in [1.82, 2.24) is 0 Å². The fourth-order valence-electron chi connectivity index (χ4n) is 3.14. The summed E-state index contributed by atoms with van der Waals surface area (Å²) in [7, 11) is 1.52. The average molecular weight is 417 g/mol. The lowest BCUT2D eigenvalue weighted by Gasteiger charge is -2.18. The number of ether oxygens (including phenoxy) is 1. The van der Waals surface area contributed by atoms with Gasteiger partial charge in [-0.05, 0) is 43.3 Å². The van der Waals surface area contributed by atoms with Gasteiger partial charge in [-0.15, -0.1) is 0 Å². The number of carbonyl (C=O) groups excluding carboxylic acids is 2. The Morgan fingerprint density at radius 2 is 1.50 bits per heavy atom. The number of benzene rings is 3. The second-order valence-electron chi connectivity index (χ2n) is 6.73. The maximum Gasteiger partial charge on any atom is 0.283 e. The lowest BCUT2D eigenvalue weighted by molar-refractivity contribution is -0.120. The van der Waals surface area contributed by atoms with E-state index in [4.69, 9.17) is 4.74 Å². The van der Waals surface area contributed by atoms with Gasteiger partial charge in [0.1, 0.15) is 16.4 Å². The fourth-order valence-corrected chi connectivity index (χ4v) is 4.08. The van der Waals surface area contributed by atoms with E-state index in [9.17, 15) is 9.59 Å². The van der Waals surface area contributed by atoms with Gasteiger partial charge < -0.3 is 10.1 Å². The normalized spacial score (nSPS) is 13.7. The van der Waals surface area contributed by atoms with Crippen molar-refractivity contribution in [2.75, 3.05) is 17.3 Å². The molecule has 0 atom stereocenters. The molecule has 1 heterocycles. The molecule has 0 bridgehead atoms. The summed E-state index contributed by atoms with van der Waals surface area (Å²) >= 11 is 1.27. The topological polar surface area (TPSA) is 58.6 Å². The van der Waals surface area contributed by atoms with Crippen LogP contribution in [0.15, 0.2) is 94.4 Å². The zero-order chi connectivity index (χ0) is 21.1. The summed E-state index contributed by atoms with van der Waals surface area (Å²) in [4.78, 5) is 29.1. The van der Waals surface area contributed by atoms with Crippen LogP contribution in [-0.2, 0) is 9.59 Å². The number of hydrogen-bond acceptors (Lipinski definition) is 5. The highest BCUT2D eigenvalue weighted by molar-refractivity contribution is 8.04. The van der Waals surface area contributed by atoms with E-state index in [1.165, 1.54) is 23.8 Å². The molecule has 0 radical (unpaired) electrons. The molecule has 1 aliphatic heterocycles. The lowest BCUT2D eigenvalue weighted by Crippen LogP contribution is -2.32. The van der Waals surface area contributed by atoms with Crippen LogP contribution in [0.1, 0.15) is 5.56 Å². The fraction of sp³-hybridized carbons (Fsp3) is 0.0833. The van der Waals surface area contributed by atoms with Crippen LogP contribution in [0.5, 0.6) is 5.75 Å². The van der Waals surface area contributed by atoms with E-state index in [-0.39, 0.29) is 11.6 Å². The van der Waals surface area contributed by atoms with Gasteiger partial charge in [-0.25, -0.2) is 4.90 Å². The number of amides is 2. The number of anilines is 2. The molecule has 0 spiro atoms. The number of carbonyl (C=O) groups is 2. The Balaban J connectivity index is 1.76. The number of thioether (sulfide) groups is 1. The first kappa shape index (κ1) is 19.8. The molecule has 0 saturated carbocycles. The van der Waals surface area contributed by atoms with Crippen LogP contribution in [-0.4, -0.2) is 18.9 Å². The minimum absolute atomic E-state index is 0.253. The summed E-state index contributed by atoms with van der Waals surface area (Å²) in [5.41, 5.74) is 2.52. The zero-order valence-corrected chi connectivity index (χ0v) is 17.4. The largest absolute Gasteiger partial charge is 0.495 e. The van der Waals surface area contributed by atoms with Crippen molar-refractivity contribution in [3.05, 3.63) is 95.0 Å². The first-order chi connectivity index (χ1) is 14.6. The molecule has 0 aliphatic carbocycles. The summed E-state index contributed by atoms with van der Waals surface area (Å²) < 4.78 is 5.38. The number of nitrogens with zero attached hydrogens (tertiary/aromatic N) is 1. The highest BCUT2D eigenvalue weighted by Gasteiger charge is 2.41. The van der Waals surface area contributed by atoms with Crippen molar-refractivity contribution in [2.45, 2.75) is 11.8 Å². The number of aryl methyl sites for hydroxylation is 1. The van der Waals surface area contributed by atoms with Gasteiger partial charge in [0.25, 0.3) is 11.8 Å². The SMILES string of the molecule is COc1ccccc1N1C(=O)C(Nc2ccc(C)cc2)=C(Sc2ccccc2)C1=O. The van der Waals surface area contributed by atoms with Crippen molar-refractivity contribution in [3.63, 3.8) is 0 Å². The molecule has 1 N–H and O–H groups in total. The molecule has 1 aliphatic rings. The number of rotatable bonds is 6. The van der Waals surface area contributed by atoms with Crippen molar-refractivity contribution < 1.29 is 14.3 Å². The molecular weight excluding hydrogens is 396 g/mol. The Hall–Kier alpha value is -3.51. The predicted octanol–water partition coefficient (Wildman–Crippen LogP) is 4.99. The van der Waals surface area contributed by atoms with Crippen molar-refractivity contribution in [2.24, 2.45) is 0 Å². The second-order valence-corrected chi connectivity index (χ2v) is 7.81. The van der Waals surface area contributed by atoms with Gasteiger partial charge in [-0.2, -0.15) is 0 Å². The highest BCUT2D eigenvalue weighted by Crippen LogP contribution is 2.40. The molecule has 5 nitrogen and oxygen atoms in total. The number of methoxy groups -OCH3 is 1. The van der Waals surface area contributed by atoms with Crippen LogP contribution in [0, 0.1) is 6.92 Å². The number of nitrogens with one attached hydrogen (secondary N) is 1. The third-order valence-electron chi connectivity index (χ3n) is 4.65. The molecule has 30 heavy (non-hydrogen) atoms. The monoisotopic (exact) mass is 416 g/mol. The number of imide groups is 1. The van der Waals surface area contributed by atoms with Gasteiger partial charge >= 0.3 is 0 Å². The maximum atomic E-state index is 13.4. The molecule has 3 aromatic carbocycles. The van der Waals surface area contributed by atoms with Gasteiger partial charge in [-0.3, -0.25) is 9.59 Å². The standard InChI is InChI=1S/C24H20N2O3S/c1-16-12-14-17(15-13-16)25-21-22(30-18-8-4-3-5-9-18)24(28)26(23(21)27)19-10-6-7-11-20(19)29-2/h3-15,25H,1-2H3. The number of para-hydroxylation sites is 2. The third-order valence-corrected chi connectivity index (χ3v) is 5.74. The molecule has 4 rings (SSSR count). The van der Waals surface area contributed by atoms with Gasteiger partial charge in [0.05, 0.1) is 12.8 Å². The minimum atomic E-state index is -0.413. The van der Waals surface area contributed by atoms with Crippen molar-refractivity contribution in [1.29, 1.82) is 0 Å². The summed E-state index contributed by atoms with van der Waals surface area (Å²) in [5, 5.41) is 3.16. The maximum absolute atomic E-state index is 13.4. The predicted molar refractivity (Wildman–Crippen MR) is 120 cm³/mol. The smallest absolute Gasteiger partial charge is 0.283 e. The van der Waals surface area contributed by atoms with E-state index in [0.717, 1.165) is 16.1 Å². The van der Waals surface area contributed by atoms with Gasteiger partial charge in [-0.1, -0.05) is 59.8 Å². The average Bonchev–Trinajstić information content (AvgIpc) is 3.00. The van der Waals surface area contributed by atoms with Crippen LogP contribution in [0.25, 0.3) is 0 Å². The van der Waals surface area contributed by atoms with E-state index in [1.807, 2.05) is 61.5 Å². The van der Waals surface area contributed by atoms with Gasteiger partial charge in [0.2, 0.25) is 0 Å². The minimum Gasteiger partial charge on any atom is -0.495 e. The first-order valence-electron chi connectivity index (χ1n) is 9.41. The molecular formula is C24H20N2O3S. The summed E-state index contributed by atoms with van der Waals surface area (Å²) in [5.74, 6) is -0.337. The van der Waals surface area contributed by atoms with Crippen molar-refractivity contribution in [3.8, 4) is 5.75 Å². The van der Waals surface area contributed by atoms with E-state index >= 15 is 0 Å². The molecule has 150 valence electrons. The van der Waals surface area contributed by atoms with Crippen LogP contribution in [0.3, 0.4) is 0 Å². The summed E-state index contributed by atoms with van der Waals surface area (Å²) in [6, 6.07) is 24.2. The summed E-state index contributed by atoms with van der Waals surface area (Å²) in [6.07, 6.45) is 0. The quantitative estimate of drug-likeness (QED) is 0.574. The highest BCUT2D eigenvalue weighted by atomic mass is 32.2. The number of hydrogen-bond donors (Lipinski definition) is 1. The molecule has 0 fully saturated rings. The van der Waals surface area contributed by atoms with E-state index in [1.54, 1.807) is 24.3 Å². The second kappa shape index (κ2) is 8.47. The Kier molecular flexibility index (Phi) is 5.59. The van der Waals surface area contributed by atoms with E-state index in [0.29, 0.717) is 16.3 Å². The van der Waals surface area contributed by atoms with Crippen LogP contribution in [0.2, 0.25) is 0 Å². The van der Waals surface area contributed by atoms with E-state index in [2.05, 4.69) is 5.32 Å². The summed E-state index contributed by atoms with van der Waals surface area (Å²) in [6.45, 7) is 1.99. The Bertz CT molecular complexity index is 1120. The zero-order valence-electron chi connectivity index (χ0n) is 16.6. The third kappa shape index (κ3) is 3.82. The Morgan fingerprint density at radius 1 is 0.833 bits per heavy atom. The molecule has 0 unspecified atom stereocenters. The first-order valence-corrected chi connectivity index (χ1v) is 10.2. The molecule has 0 saturated heterocycles. The molecule has 2 amide bonds. The van der Waals surface area contributed by atoms with Gasteiger partial charge in [0, 0.05) is 10.6 Å². The van der Waals surface area contributed by atoms with Gasteiger partial charge in [0.15, 0.2) is 0 Å². The van der Waals surface area contributed by atoms with E-state index < -0.39 is 5.91 Å². The molecule has 3 aromatic rings. The molecule has 0 aromatic heterocycles. The van der Waals surface area contributed by atoms with Crippen molar-refractivity contribution >= 4 is 35.0 Å². The Labute approximate surface area is 179 Å². The van der Waals surface area contributed by atoms with Crippen LogP contribution in [0.4, 0.5) is 11.4 Å². The lowest BCUT2D eigenvalue weighted by atomic mass is 10.2. The Morgan fingerprint density at radius 3 is 2.20 bits per heavy atom.